The van der Waals surface area contributed by atoms with Crippen molar-refractivity contribution in [2.75, 3.05) is 13.1 Å². The van der Waals surface area contributed by atoms with Crippen LogP contribution >= 0.6 is 0 Å². The van der Waals surface area contributed by atoms with Gasteiger partial charge in [-0.25, -0.2) is 13.8 Å². The van der Waals surface area contributed by atoms with E-state index in [-0.39, 0.29) is 62.7 Å². The molecule has 3 heterocycles. The zero-order chi connectivity index (χ0) is 27.9. The molecule has 0 unspecified atom stereocenters. The minimum absolute atomic E-state index is 0.0431. The first-order valence-electron chi connectivity index (χ1n) is 13.8. The number of para-hydroxylation sites is 1. The SMILES string of the molecule is O=C([C@H]1CC(F)(F)CC[C@@H]1c1ccccc1)N1CCC(O)(Cn2cnc3c(ccn3-c3ccccc3)c2=O)CC1. The largest absolute Gasteiger partial charge is 0.388 e. The summed E-state index contributed by atoms with van der Waals surface area (Å²) >= 11 is 0. The van der Waals surface area contributed by atoms with Gasteiger partial charge in [0.25, 0.3) is 5.56 Å². The standard InChI is InChI=1S/C31H32F2N4O3/c32-31(33)13-11-24(22-7-3-1-4-8-22)26(19-31)29(39)35-17-14-30(40,15-18-35)20-36-21-34-27-25(28(36)38)12-16-37(27)23-9-5-2-6-10-23/h1-10,12,16,21,24,26,40H,11,13-15,17-20H2/t24-,26+/m1/s1. The number of aliphatic hydroxyl groups is 1. The van der Waals surface area contributed by atoms with Crippen LogP contribution in [0.3, 0.4) is 0 Å². The van der Waals surface area contributed by atoms with Gasteiger partial charge in [0.1, 0.15) is 6.33 Å². The molecule has 0 radical (unpaired) electrons. The van der Waals surface area contributed by atoms with Gasteiger partial charge in [-0.05, 0) is 48.9 Å². The van der Waals surface area contributed by atoms with Crippen LogP contribution in [0.25, 0.3) is 16.7 Å². The van der Waals surface area contributed by atoms with Crippen LogP contribution in [0.4, 0.5) is 8.78 Å². The van der Waals surface area contributed by atoms with E-state index in [2.05, 4.69) is 4.98 Å². The van der Waals surface area contributed by atoms with Crippen molar-refractivity contribution in [2.24, 2.45) is 5.92 Å². The van der Waals surface area contributed by atoms with E-state index in [0.717, 1.165) is 11.3 Å². The first-order valence-corrected chi connectivity index (χ1v) is 13.8. The Kier molecular flexibility index (Phi) is 6.78. The highest BCUT2D eigenvalue weighted by Crippen LogP contribution is 2.46. The predicted molar refractivity (Wildman–Crippen MR) is 148 cm³/mol. The first kappa shape index (κ1) is 26.4. The van der Waals surface area contributed by atoms with Crippen molar-refractivity contribution >= 4 is 16.9 Å². The molecule has 1 amide bonds. The Morgan fingerprint density at radius 1 is 0.975 bits per heavy atom. The second kappa shape index (κ2) is 10.3. The van der Waals surface area contributed by atoms with E-state index in [1.54, 1.807) is 17.2 Å². The summed E-state index contributed by atoms with van der Waals surface area (Å²) in [6.45, 7) is 0.531. The molecule has 2 aromatic carbocycles. The molecule has 2 fully saturated rings. The number of rotatable bonds is 5. The number of halogens is 2. The molecule has 40 heavy (non-hydrogen) atoms. The number of nitrogens with zero attached hydrogens (tertiary/aromatic N) is 4. The van der Waals surface area contributed by atoms with Crippen molar-refractivity contribution in [3.05, 3.63) is 95.2 Å². The van der Waals surface area contributed by atoms with Gasteiger partial charge in [-0.2, -0.15) is 0 Å². The average Bonchev–Trinajstić information content (AvgIpc) is 3.40. The Balaban J connectivity index is 1.16. The summed E-state index contributed by atoms with van der Waals surface area (Å²) in [5.74, 6) is -4.21. The average molecular weight is 547 g/mol. The molecule has 1 aliphatic carbocycles. The predicted octanol–water partition coefficient (Wildman–Crippen LogP) is 4.76. The van der Waals surface area contributed by atoms with Gasteiger partial charge in [-0.15, -0.1) is 0 Å². The van der Waals surface area contributed by atoms with Crippen LogP contribution in [0, 0.1) is 5.92 Å². The molecule has 1 N–H and O–H groups in total. The van der Waals surface area contributed by atoms with Crippen molar-refractivity contribution in [1.82, 2.24) is 19.0 Å². The van der Waals surface area contributed by atoms with E-state index in [1.807, 2.05) is 65.2 Å². The number of alkyl halides is 2. The molecule has 4 aromatic rings. The highest BCUT2D eigenvalue weighted by Gasteiger charge is 2.47. The lowest BCUT2D eigenvalue weighted by Crippen LogP contribution is -2.52. The minimum Gasteiger partial charge on any atom is -0.388 e. The van der Waals surface area contributed by atoms with Gasteiger partial charge in [-0.3, -0.25) is 14.2 Å². The lowest BCUT2D eigenvalue weighted by molar-refractivity contribution is -0.148. The van der Waals surface area contributed by atoms with Crippen LogP contribution in [0.15, 0.2) is 84.0 Å². The van der Waals surface area contributed by atoms with E-state index in [9.17, 15) is 23.5 Å². The molecule has 7 nitrogen and oxygen atoms in total. The third-order valence-electron chi connectivity index (χ3n) is 8.55. The number of hydrogen-bond donors (Lipinski definition) is 1. The van der Waals surface area contributed by atoms with Crippen LogP contribution in [0.1, 0.15) is 43.6 Å². The fourth-order valence-electron chi connectivity index (χ4n) is 6.31. The summed E-state index contributed by atoms with van der Waals surface area (Å²) in [6, 6.07) is 20.8. The summed E-state index contributed by atoms with van der Waals surface area (Å²) in [7, 11) is 0. The van der Waals surface area contributed by atoms with Crippen LogP contribution in [0.5, 0.6) is 0 Å². The molecule has 9 heteroatoms. The molecule has 208 valence electrons. The molecule has 1 aliphatic heterocycles. The van der Waals surface area contributed by atoms with E-state index in [0.29, 0.717) is 11.0 Å². The Morgan fingerprint density at radius 2 is 1.65 bits per heavy atom. The zero-order valence-corrected chi connectivity index (χ0v) is 22.1. The van der Waals surface area contributed by atoms with Crippen molar-refractivity contribution < 1.29 is 18.7 Å². The maximum absolute atomic E-state index is 14.4. The molecule has 2 aromatic heterocycles. The second-order valence-electron chi connectivity index (χ2n) is 11.2. The van der Waals surface area contributed by atoms with Crippen LogP contribution in [-0.2, 0) is 11.3 Å². The highest BCUT2D eigenvalue weighted by molar-refractivity contribution is 5.80. The molecular formula is C31H32F2N4O3. The lowest BCUT2D eigenvalue weighted by Gasteiger charge is -2.42. The second-order valence-corrected chi connectivity index (χ2v) is 11.2. The number of fused-ring (bicyclic) bond motifs is 1. The van der Waals surface area contributed by atoms with Gasteiger partial charge in [-0.1, -0.05) is 48.5 Å². The third kappa shape index (κ3) is 5.06. The lowest BCUT2D eigenvalue weighted by atomic mass is 9.73. The van der Waals surface area contributed by atoms with Crippen molar-refractivity contribution in [3.63, 3.8) is 0 Å². The molecular weight excluding hydrogens is 514 g/mol. The van der Waals surface area contributed by atoms with Crippen molar-refractivity contribution in [3.8, 4) is 5.69 Å². The smallest absolute Gasteiger partial charge is 0.262 e. The number of benzene rings is 2. The summed E-state index contributed by atoms with van der Waals surface area (Å²) in [5.41, 5.74) is 0.878. The Labute approximate surface area is 230 Å². The topological polar surface area (TPSA) is 80.4 Å². The van der Waals surface area contributed by atoms with Crippen molar-refractivity contribution in [2.45, 2.75) is 56.1 Å². The summed E-state index contributed by atoms with van der Waals surface area (Å²) in [6.07, 6.45) is 3.31. The van der Waals surface area contributed by atoms with Crippen LogP contribution in [0.2, 0.25) is 0 Å². The van der Waals surface area contributed by atoms with Gasteiger partial charge in [0.2, 0.25) is 11.8 Å². The monoisotopic (exact) mass is 546 g/mol. The van der Waals surface area contributed by atoms with E-state index in [1.165, 1.54) is 10.9 Å². The van der Waals surface area contributed by atoms with Crippen LogP contribution in [-0.4, -0.2) is 54.6 Å². The number of carbonyl (C=O) groups is 1. The summed E-state index contributed by atoms with van der Waals surface area (Å²) in [4.78, 5) is 32.9. The molecule has 6 rings (SSSR count). The number of piperidine rings is 1. The number of aromatic nitrogens is 3. The Morgan fingerprint density at radius 3 is 2.35 bits per heavy atom. The third-order valence-corrected chi connectivity index (χ3v) is 8.55. The first-order chi connectivity index (χ1) is 19.2. The molecule has 1 saturated carbocycles. The van der Waals surface area contributed by atoms with E-state index in [4.69, 9.17) is 0 Å². The quantitative estimate of drug-likeness (QED) is 0.392. The maximum atomic E-state index is 14.4. The summed E-state index contributed by atoms with van der Waals surface area (Å²) in [5, 5.41) is 11.8. The zero-order valence-electron chi connectivity index (χ0n) is 22.1. The molecule has 1 saturated heterocycles. The Hall–Kier alpha value is -3.85. The van der Waals surface area contributed by atoms with Gasteiger partial charge in [0.05, 0.1) is 23.4 Å². The fourth-order valence-corrected chi connectivity index (χ4v) is 6.31. The molecule has 2 atom stereocenters. The number of carbonyl (C=O) groups excluding carboxylic acids is 1. The van der Waals surface area contributed by atoms with Gasteiger partial charge in [0.15, 0.2) is 5.65 Å². The highest BCUT2D eigenvalue weighted by atomic mass is 19.3. The normalized spacial score (nSPS) is 22.3. The molecule has 0 bridgehead atoms. The number of amides is 1. The van der Waals surface area contributed by atoms with Gasteiger partial charge in [0, 0.05) is 37.8 Å². The molecule has 2 aliphatic rings. The number of hydrogen-bond acceptors (Lipinski definition) is 4. The maximum Gasteiger partial charge on any atom is 0.262 e. The summed E-state index contributed by atoms with van der Waals surface area (Å²) < 4.78 is 32.1. The van der Waals surface area contributed by atoms with Gasteiger partial charge >= 0.3 is 0 Å². The minimum atomic E-state index is -2.87. The van der Waals surface area contributed by atoms with Crippen molar-refractivity contribution in [1.29, 1.82) is 0 Å². The fraction of sp³-hybridized carbons (Fsp3) is 0.387. The van der Waals surface area contributed by atoms with Crippen LogP contribution < -0.4 is 5.56 Å². The van der Waals surface area contributed by atoms with E-state index < -0.39 is 23.9 Å². The molecule has 0 spiro atoms. The Bertz CT molecular complexity index is 1560. The van der Waals surface area contributed by atoms with Gasteiger partial charge < -0.3 is 14.6 Å². The van der Waals surface area contributed by atoms with E-state index >= 15 is 0 Å². The number of likely N-dealkylation sites (tertiary alicyclic amines) is 1.